The number of hydrogen-bond acceptors (Lipinski definition) is 9. The number of carbonyl (C=O) groups is 1. The van der Waals surface area contributed by atoms with Crippen molar-refractivity contribution in [1.82, 2.24) is 4.57 Å². The fraction of sp³-hybridized carbons (Fsp3) is 0.167. The molecule has 0 aliphatic carbocycles. The van der Waals surface area contributed by atoms with Crippen LogP contribution in [-0.2, 0) is 16.1 Å². The van der Waals surface area contributed by atoms with Gasteiger partial charge in [0.25, 0.3) is 5.56 Å². The van der Waals surface area contributed by atoms with Crippen LogP contribution in [0.5, 0.6) is 23.0 Å². The van der Waals surface area contributed by atoms with Gasteiger partial charge in [0.15, 0.2) is 27.8 Å². The van der Waals surface area contributed by atoms with Crippen LogP contribution < -0.4 is 33.8 Å². The molecule has 0 N–H and O–H groups in total. The van der Waals surface area contributed by atoms with Gasteiger partial charge in [-0.15, -0.1) is 0 Å². The summed E-state index contributed by atoms with van der Waals surface area (Å²) >= 11 is 3.47. The Bertz CT molecular complexity index is 2560. The first-order valence-electron chi connectivity index (χ1n) is 16.8. The highest BCUT2D eigenvalue weighted by Gasteiger charge is 2.35. The van der Waals surface area contributed by atoms with Crippen LogP contribution in [-0.4, -0.2) is 38.5 Å². The number of halogens is 1. The minimum Gasteiger partial charge on any atom is -0.493 e. The standard InChI is InChI=1S/C42H35IN2O7S/c1-5-51-41(47)36-37(27-13-7-6-8-14-27)44-42-45(38(36)28-18-19-32(48-2)33(23-28)49-3)40(46)35(53-42)22-25-20-31(43)39(34(21-25)50-4)52-24-29-16-11-15-26-12-9-10-17-30(26)29/h6-23,38H,5,24H2,1-4H3/b35-22-/t38-/m0/s1. The van der Waals surface area contributed by atoms with Gasteiger partial charge in [-0.2, -0.15) is 0 Å². The monoisotopic (exact) mass is 838 g/mol. The van der Waals surface area contributed by atoms with Crippen molar-refractivity contribution in [3.05, 3.63) is 154 Å². The van der Waals surface area contributed by atoms with Gasteiger partial charge in [-0.05, 0) is 87.3 Å². The molecule has 0 fully saturated rings. The highest BCUT2D eigenvalue weighted by molar-refractivity contribution is 14.1. The van der Waals surface area contributed by atoms with E-state index < -0.39 is 12.0 Å². The van der Waals surface area contributed by atoms with Crippen LogP contribution >= 0.6 is 33.9 Å². The van der Waals surface area contributed by atoms with Crippen LogP contribution in [0.1, 0.15) is 35.2 Å². The van der Waals surface area contributed by atoms with Crippen molar-refractivity contribution in [2.24, 2.45) is 4.99 Å². The number of esters is 1. The maximum Gasteiger partial charge on any atom is 0.338 e. The lowest BCUT2D eigenvalue weighted by Crippen LogP contribution is -2.40. The Kier molecular flexibility index (Phi) is 10.6. The number of thiazole rings is 1. The summed E-state index contributed by atoms with van der Waals surface area (Å²) in [4.78, 5) is 33.8. The minimum absolute atomic E-state index is 0.148. The second-order valence-electron chi connectivity index (χ2n) is 12.0. The molecule has 1 aliphatic rings. The summed E-state index contributed by atoms with van der Waals surface area (Å²) in [5.41, 5.74) is 3.51. The van der Waals surface area contributed by atoms with Gasteiger partial charge in [0.05, 0.1) is 53.4 Å². The molecule has 6 aromatic rings. The van der Waals surface area contributed by atoms with E-state index in [1.807, 2.05) is 72.8 Å². The van der Waals surface area contributed by atoms with Gasteiger partial charge >= 0.3 is 5.97 Å². The van der Waals surface area contributed by atoms with E-state index in [0.717, 1.165) is 31.0 Å². The smallest absolute Gasteiger partial charge is 0.338 e. The quantitative estimate of drug-likeness (QED) is 0.0999. The predicted octanol–water partition coefficient (Wildman–Crippen LogP) is 7.30. The number of benzene rings is 5. The van der Waals surface area contributed by atoms with E-state index in [0.29, 0.717) is 50.2 Å². The van der Waals surface area contributed by atoms with E-state index in [2.05, 4.69) is 46.9 Å². The molecule has 2 heterocycles. The lowest BCUT2D eigenvalue weighted by Gasteiger charge is -2.26. The third-order valence-electron chi connectivity index (χ3n) is 8.90. The third-order valence-corrected chi connectivity index (χ3v) is 10.7. The van der Waals surface area contributed by atoms with Gasteiger partial charge in [-0.25, -0.2) is 9.79 Å². The zero-order valence-corrected chi connectivity index (χ0v) is 32.4. The van der Waals surface area contributed by atoms with Crippen molar-refractivity contribution in [3.63, 3.8) is 0 Å². The Labute approximate surface area is 323 Å². The highest BCUT2D eigenvalue weighted by Crippen LogP contribution is 2.39. The first-order valence-corrected chi connectivity index (χ1v) is 18.7. The number of aromatic nitrogens is 1. The summed E-state index contributed by atoms with van der Waals surface area (Å²) in [6, 6.07) is 32.1. The fourth-order valence-electron chi connectivity index (χ4n) is 6.46. The summed E-state index contributed by atoms with van der Waals surface area (Å²) in [7, 11) is 4.69. The SMILES string of the molecule is CCOC(=O)C1=C(c2ccccc2)N=c2s/c(=C\c3cc(I)c(OCc4cccc5ccccc45)c(OC)c3)c(=O)n2[C@H]1c1ccc(OC)c(OC)c1. The topological polar surface area (TPSA) is 97.6 Å². The number of carbonyl (C=O) groups excluding carboxylic acids is 1. The maximum absolute atomic E-state index is 14.5. The first kappa shape index (κ1) is 36.0. The molecule has 268 valence electrons. The van der Waals surface area contributed by atoms with Crippen molar-refractivity contribution in [3.8, 4) is 23.0 Å². The van der Waals surface area contributed by atoms with E-state index in [1.165, 1.54) is 11.3 Å². The number of ether oxygens (including phenoxy) is 5. The van der Waals surface area contributed by atoms with Crippen LogP contribution in [0.4, 0.5) is 0 Å². The molecule has 1 aromatic heterocycles. The number of methoxy groups -OCH3 is 3. The molecule has 53 heavy (non-hydrogen) atoms. The Balaban J connectivity index is 1.35. The van der Waals surface area contributed by atoms with Crippen LogP contribution in [0.15, 0.2) is 118 Å². The number of fused-ring (bicyclic) bond motifs is 2. The van der Waals surface area contributed by atoms with E-state index >= 15 is 0 Å². The van der Waals surface area contributed by atoms with Gasteiger partial charge in [-0.3, -0.25) is 9.36 Å². The highest BCUT2D eigenvalue weighted by atomic mass is 127. The second kappa shape index (κ2) is 15.7. The van der Waals surface area contributed by atoms with Crippen molar-refractivity contribution in [2.45, 2.75) is 19.6 Å². The summed E-state index contributed by atoms with van der Waals surface area (Å²) in [6.07, 6.45) is 1.81. The maximum atomic E-state index is 14.5. The molecule has 0 saturated heterocycles. The molecule has 1 atom stereocenters. The Morgan fingerprint density at radius 2 is 1.60 bits per heavy atom. The van der Waals surface area contributed by atoms with Crippen molar-refractivity contribution in [1.29, 1.82) is 0 Å². The summed E-state index contributed by atoms with van der Waals surface area (Å²) in [6.45, 7) is 2.25. The van der Waals surface area contributed by atoms with Crippen molar-refractivity contribution < 1.29 is 28.5 Å². The van der Waals surface area contributed by atoms with Gasteiger partial charge in [0.1, 0.15) is 6.61 Å². The van der Waals surface area contributed by atoms with Crippen LogP contribution in [0.3, 0.4) is 0 Å². The Hall–Kier alpha value is -5.40. The zero-order chi connectivity index (χ0) is 37.1. The average Bonchev–Trinajstić information content (AvgIpc) is 3.50. The number of hydrogen-bond donors (Lipinski definition) is 0. The van der Waals surface area contributed by atoms with E-state index in [-0.39, 0.29) is 17.7 Å². The van der Waals surface area contributed by atoms with E-state index in [9.17, 15) is 9.59 Å². The van der Waals surface area contributed by atoms with Crippen molar-refractivity contribution in [2.75, 3.05) is 27.9 Å². The fourth-order valence-corrected chi connectivity index (χ4v) is 8.24. The molecule has 0 amide bonds. The largest absolute Gasteiger partial charge is 0.493 e. The van der Waals surface area contributed by atoms with Crippen LogP contribution in [0.25, 0.3) is 22.5 Å². The Morgan fingerprint density at radius 3 is 2.36 bits per heavy atom. The number of rotatable bonds is 11. The second-order valence-corrected chi connectivity index (χ2v) is 14.2. The molecular formula is C42H35IN2O7S. The average molecular weight is 839 g/mol. The lowest BCUT2D eigenvalue weighted by molar-refractivity contribution is -0.138. The molecule has 0 unspecified atom stereocenters. The van der Waals surface area contributed by atoms with Crippen LogP contribution in [0.2, 0.25) is 0 Å². The lowest BCUT2D eigenvalue weighted by atomic mass is 9.93. The molecule has 11 heteroatoms. The molecule has 0 spiro atoms. The molecule has 0 radical (unpaired) electrons. The molecule has 9 nitrogen and oxygen atoms in total. The van der Waals surface area contributed by atoms with Gasteiger partial charge in [0, 0.05) is 5.56 Å². The Morgan fingerprint density at radius 1 is 0.868 bits per heavy atom. The molecular weight excluding hydrogens is 803 g/mol. The molecule has 1 aliphatic heterocycles. The predicted molar refractivity (Wildman–Crippen MR) is 215 cm³/mol. The van der Waals surface area contributed by atoms with Gasteiger partial charge < -0.3 is 23.7 Å². The summed E-state index contributed by atoms with van der Waals surface area (Å²) < 4.78 is 31.7. The van der Waals surface area contributed by atoms with E-state index in [1.54, 1.807) is 45.0 Å². The molecule has 7 rings (SSSR count). The zero-order valence-electron chi connectivity index (χ0n) is 29.4. The van der Waals surface area contributed by atoms with E-state index in [4.69, 9.17) is 28.7 Å². The van der Waals surface area contributed by atoms with Crippen molar-refractivity contribution >= 4 is 62.4 Å². The summed E-state index contributed by atoms with van der Waals surface area (Å²) in [5.74, 6) is 1.55. The minimum atomic E-state index is -0.873. The van der Waals surface area contributed by atoms with Gasteiger partial charge in [0.2, 0.25) is 0 Å². The number of nitrogens with zero attached hydrogens (tertiary/aromatic N) is 2. The molecule has 5 aromatic carbocycles. The molecule has 0 bridgehead atoms. The molecule has 0 saturated carbocycles. The summed E-state index contributed by atoms with van der Waals surface area (Å²) in [5, 5.41) is 2.27. The van der Waals surface area contributed by atoms with Gasteiger partial charge in [-0.1, -0.05) is 90.2 Å². The first-order chi connectivity index (χ1) is 25.8. The third kappa shape index (κ3) is 7.06. The normalized spacial score (nSPS) is 14.1. The van der Waals surface area contributed by atoms with Crippen LogP contribution in [0, 0.1) is 3.57 Å².